The number of anilines is 1. The van der Waals surface area contributed by atoms with E-state index in [1.807, 2.05) is 0 Å². The lowest BCUT2D eigenvalue weighted by Gasteiger charge is -2.08. The van der Waals surface area contributed by atoms with E-state index in [-0.39, 0.29) is 11.4 Å². The van der Waals surface area contributed by atoms with E-state index in [2.05, 4.69) is 10.3 Å². The molecule has 0 aliphatic rings. The topological polar surface area (TPSA) is 46.9 Å². The van der Waals surface area contributed by atoms with E-state index in [0.717, 1.165) is 6.07 Å². The molecule has 4 nitrogen and oxygen atoms in total. The Morgan fingerprint density at radius 2 is 1.52 bits per heavy atom. The summed E-state index contributed by atoms with van der Waals surface area (Å²) in [5.74, 6) is -2.23. The van der Waals surface area contributed by atoms with E-state index < -0.39 is 17.5 Å². The molecule has 0 saturated carbocycles. The molecule has 0 fully saturated rings. The van der Waals surface area contributed by atoms with Crippen LogP contribution >= 0.6 is 0 Å². The minimum Gasteiger partial charge on any atom is -0.322 e. The number of fused-ring (bicyclic) bond motifs is 1. The number of rotatable bonds is 3. The number of benzene rings is 3. The summed E-state index contributed by atoms with van der Waals surface area (Å²) in [6.07, 6.45) is 1.47. The van der Waals surface area contributed by atoms with Gasteiger partial charge in [0.25, 0.3) is 5.91 Å². The lowest BCUT2D eigenvalue weighted by Crippen LogP contribution is -2.14. The third-order valence-corrected chi connectivity index (χ3v) is 4.09. The van der Waals surface area contributed by atoms with Crippen LogP contribution in [0.25, 0.3) is 16.7 Å². The van der Waals surface area contributed by atoms with Crippen molar-refractivity contribution in [2.45, 2.75) is 0 Å². The Morgan fingerprint density at radius 3 is 2.19 bits per heavy atom. The highest BCUT2D eigenvalue weighted by atomic mass is 19.1. The molecule has 7 heteroatoms. The Bertz CT molecular complexity index is 1140. The average Bonchev–Trinajstić information content (AvgIpc) is 3.06. The maximum absolute atomic E-state index is 14.4. The van der Waals surface area contributed by atoms with Gasteiger partial charge in [0.1, 0.15) is 23.8 Å². The summed E-state index contributed by atoms with van der Waals surface area (Å²) in [5, 5.41) is 2.52. The molecule has 0 aliphatic carbocycles. The highest BCUT2D eigenvalue weighted by Crippen LogP contribution is 2.23. The average molecular weight is 367 g/mol. The Balaban J connectivity index is 1.73. The number of hydrogen-bond donors (Lipinski definition) is 1. The van der Waals surface area contributed by atoms with Crippen LogP contribution in [0, 0.1) is 17.5 Å². The molecule has 0 unspecified atom stereocenters. The van der Waals surface area contributed by atoms with Gasteiger partial charge in [-0.25, -0.2) is 18.2 Å². The lowest BCUT2D eigenvalue weighted by atomic mass is 10.1. The first-order chi connectivity index (χ1) is 13.0. The van der Waals surface area contributed by atoms with Crippen molar-refractivity contribution in [3.63, 3.8) is 0 Å². The predicted octanol–water partition coefficient (Wildman–Crippen LogP) is 4.70. The minimum absolute atomic E-state index is 0.185. The molecule has 0 bridgehead atoms. The zero-order valence-corrected chi connectivity index (χ0v) is 13.8. The normalized spacial score (nSPS) is 10.9. The Labute approximate surface area is 151 Å². The van der Waals surface area contributed by atoms with E-state index in [4.69, 9.17) is 0 Å². The smallest absolute Gasteiger partial charge is 0.258 e. The summed E-state index contributed by atoms with van der Waals surface area (Å²) in [4.78, 5) is 16.6. The number of nitrogens with zero attached hydrogens (tertiary/aromatic N) is 2. The van der Waals surface area contributed by atoms with Crippen LogP contribution in [0.2, 0.25) is 0 Å². The molecule has 0 saturated heterocycles. The molecule has 0 aliphatic heterocycles. The van der Waals surface area contributed by atoms with Crippen LogP contribution in [0.15, 0.2) is 67.0 Å². The van der Waals surface area contributed by atoms with E-state index in [1.54, 1.807) is 16.7 Å². The van der Waals surface area contributed by atoms with Crippen molar-refractivity contribution in [3.05, 3.63) is 90.0 Å². The van der Waals surface area contributed by atoms with Gasteiger partial charge in [0.05, 0.1) is 16.6 Å². The number of carbonyl (C=O) groups excluding carboxylic acids is 1. The molecule has 1 amide bonds. The highest BCUT2D eigenvalue weighted by molar-refractivity contribution is 6.06. The van der Waals surface area contributed by atoms with E-state index in [1.165, 1.54) is 48.8 Å². The SMILES string of the molecule is O=C(Nc1ccc(F)cc1)c1cc2c(cc1F)ncn2-c1ccc(F)cc1. The highest BCUT2D eigenvalue weighted by Gasteiger charge is 2.16. The number of aromatic nitrogens is 2. The molecular weight excluding hydrogens is 355 g/mol. The van der Waals surface area contributed by atoms with Crippen molar-refractivity contribution < 1.29 is 18.0 Å². The summed E-state index contributed by atoms with van der Waals surface area (Å²) in [5.41, 5.74) is 1.63. The van der Waals surface area contributed by atoms with Crippen LogP contribution < -0.4 is 5.32 Å². The second-order valence-electron chi connectivity index (χ2n) is 5.87. The van der Waals surface area contributed by atoms with Gasteiger partial charge in [0, 0.05) is 17.4 Å². The van der Waals surface area contributed by atoms with Gasteiger partial charge >= 0.3 is 0 Å². The fraction of sp³-hybridized carbons (Fsp3) is 0. The summed E-state index contributed by atoms with van der Waals surface area (Å²) in [6.45, 7) is 0. The fourth-order valence-corrected chi connectivity index (χ4v) is 2.74. The fourth-order valence-electron chi connectivity index (χ4n) is 2.74. The second-order valence-corrected chi connectivity index (χ2v) is 5.87. The van der Waals surface area contributed by atoms with E-state index >= 15 is 0 Å². The molecule has 4 rings (SSSR count). The number of halogens is 3. The molecule has 1 aromatic heterocycles. The van der Waals surface area contributed by atoms with Crippen LogP contribution in [0.3, 0.4) is 0 Å². The molecule has 1 heterocycles. The van der Waals surface area contributed by atoms with Crippen LogP contribution in [0.1, 0.15) is 10.4 Å². The second kappa shape index (κ2) is 6.60. The van der Waals surface area contributed by atoms with Gasteiger partial charge in [-0.2, -0.15) is 0 Å². The van der Waals surface area contributed by atoms with Crippen LogP contribution in [-0.2, 0) is 0 Å². The zero-order chi connectivity index (χ0) is 19.0. The molecule has 0 atom stereocenters. The maximum atomic E-state index is 14.4. The van der Waals surface area contributed by atoms with Crippen molar-refractivity contribution in [1.29, 1.82) is 0 Å². The van der Waals surface area contributed by atoms with Gasteiger partial charge in [-0.05, 0) is 54.6 Å². The maximum Gasteiger partial charge on any atom is 0.258 e. The molecule has 1 N–H and O–H groups in total. The van der Waals surface area contributed by atoms with Gasteiger partial charge in [-0.3, -0.25) is 9.36 Å². The first kappa shape index (κ1) is 16.8. The van der Waals surface area contributed by atoms with E-state index in [9.17, 15) is 18.0 Å². The van der Waals surface area contributed by atoms with Crippen LogP contribution in [-0.4, -0.2) is 15.5 Å². The van der Waals surface area contributed by atoms with Gasteiger partial charge < -0.3 is 5.32 Å². The van der Waals surface area contributed by atoms with Crippen molar-refractivity contribution in [2.24, 2.45) is 0 Å². The summed E-state index contributed by atoms with van der Waals surface area (Å²) < 4.78 is 42.1. The van der Waals surface area contributed by atoms with Crippen molar-refractivity contribution >= 4 is 22.6 Å². The molecule has 4 aromatic rings. The van der Waals surface area contributed by atoms with Crippen molar-refractivity contribution in [2.75, 3.05) is 5.32 Å². The molecule has 3 aromatic carbocycles. The van der Waals surface area contributed by atoms with Crippen molar-refractivity contribution in [1.82, 2.24) is 9.55 Å². The molecule has 27 heavy (non-hydrogen) atoms. The Morgan fingerprint density at radius 1 is 0.889 bits per heavy atom. The number of imidazole rings is 1. The van der Waals surface area contributed by atoms with Crippen LogP contribution in [0.5, 0.6) is 0 Å². The van der Waals surface area contributed by atoms with Gasteiger partial charge in [0.15, 0.2) is 0 Å². The largest absolute Gasteiger partial charge is 0.322 e. The Hall–Kier alpha value is -3.61. The zero-order valence-electron chi connectivity index (χ0n) is 13.8. The van der Waals surface area contributed by atoms with Gasteiger partial charge in [-0.15, -0.1) is 0 Å². The summed E-state index contributed by atoms with van der Waals surface area (Å²) in [6, 6.07) is 13.4. The molecule has 0 radical (unpaired) electrons. The Kier molecular flexibility index (Phi) is 4.12. The number of nitrogens with one attached hydrogen (secondary N) is 1. The molecule has 0 spiro atoms. The molecular formula is C20H12F3N3O. The minimum atomic E-state index is -0.730. The first-order valence-electron chi connectivity index (χ1n) is 8.01. The van der Waals surface area contributed by atoms with Crippen LogP contribution in [0.4, 0.5) is 18.9 Å². The van der Waals surface area contributed by atoms with Crippen molar-refractivity contribution in [3.8, 4) is 5.69 Å². The lowest BCUT2D eigenvalue weighted by molar-refractivity contribution is 0.102. The van der Waals surface area contributed by atoms with E-state index in [0.29, 0.717) is 22.4 Å². The van der Waals surface area contributed by atoms with Gasteiger partial charge in [-0.1, -0.05) is 0 Å². The molecule has 134 valence electrons. The number of hydrogen-bond acceptors (Lipinski definition) is 2. The number of carbonyl (C=O) groups is 1. The monoisotopic (exact) mass is 367 g/mol. The summed E-state index contributed by atoms with van der Waals surface area (Å²) >= 11 is 0. The third kappa shape index (κ3) is 3.27. The number of amides is 1. The standard InChI is InChI=1S/C20H12F3N3O/c21-12-1-5-14(6-2-12)25-20(27)16-9-19-18(10-17(16)23)24-11-26(19)15-7-3-13(22)4-8-15/h1-11H,(H,25,27). The summed E-state index contributed by atoms with van der Waals surface area (Å²) in [7, 11) is 0. The van der Waals surface area contributed by atoms with Gasteiger partial charge in [0.2, 0.25) is 0 Å². The quantitative estimate of drug-likeness (QED) is 0.571. The predicted molar refractivity (Wildman–Crippen MR) is 95.3 cm³/mol. The third-order valence-electron chi connectivity index (χ3n) is 4.09. The first-order valence-corrected chi connectivity index (χ1v) is 8.01.